The number of rotatable bonds is 2. The topological polar surface area (TPSA) is 59.5 Å². The van der Waals surface area contributed by atoms with Gasteiger partial charge in [-0.05, 0) is 25.8 Å². The first-order valence-corrected chi connectivity index (χ1v) is 6.50. The Balaban J connectivity index is 1.75. The van der Waals surface area contributed by atoms with Crippen molar-refractivity contribution in [2.75, 3.05) is 6.54 Å². The Hall–Kier alpha value is -1.46. The molecule has 0 saturated carbocycles. The number of piperidine rings is 1. The highest BCUT2D eigenvalue weighted by Crippen LogP contribution is 2.18. The number of nitrogens with zero attached hydrogens (tertiary/aromatic N) is 4. The summed E-state index contributed by atoms with van der Waals surface area (Å²) in [4.78, 5) is 11.2. The molecule has 1 aliphatic heterocycles. The van der Waals surface area contributed by atoms with E-state index in [-0.39, 0.29) is 0 Å². The largest absolute Gasteiger partial charge is 0.328 e. The van der Waals surface area contributed by atoms with Crippen LogP contribution >= 0.6 is 0 Å². The van der Waals surface area contributed by atoms with Gasteiger partial charge in [0.25, 0.3) is 0 Å². The summed E-state index contributed by atoms with van der Waals surface area (Å²) in [5.74, 6) is 0.772. The second kappa shape index (κ2) is 4.66. The fourth-order valence-electron chi connectivity index (χ4n) is 2.66. The average molecular weight is 245 g/mol. The van der Waals surface area contributed by atoms with E-state index in [2.05, 4.69) is 28.0 Å². The van der Waals surface area contributed by atoms with E-state index in [1.54, 1.807) is 6.20 Å². The minimum absolute atomic E-state index is 0.360. The van der Waals surface area contributed by atoms with E-state index in [1.165, 1.54) is 0 Å². The zero-order valence-corrected chi connectivity index (χ0v) is 10.7. The molecular weight excluding hydrogens is 226 g/mol. The highest BCUT2D eigenvalue weighted by molar-refractivity contribution is 5.29. The maximum Gasteiger partial charge on any atom is 0.233 e. The summed E-state index contributed by atoms with van der Waals surface area (Å²) >= 11 is 0. The van der Waals surface area contributed by atoms with Gasteiger partial charge in [-0.25, -0.2) is 9.97 Å². The van der Waals surface area contributed by atoms with E-state index in [9.17, 15) is 0 Å². The second-order valence-corrected chi connectivity index (χ2v) is 5.16. The average Bonchev–Trinajstić information content (AvgIpc) is 2.75. The standard InChI is InChI=1S/C13H19N5/c1-10-7-11(14)3-6-17(10)8-12-9-18-5-2-4-15-13(18)16-12/h2,4-5,9-11H,3,6-8,14H2,1H3. The first-order valence-electron chi connectivity index (χ1n) is 6.50. The number of nitrogens with two attached hydrogens (primary N) is 1. The van der Waals surface area contributed by atoms with Crippen molar-refractivity contribution in [3.05, 3.63) is 30.4 Å². The molecule has 0 radical (unpaired) electrons. The molecule has 0 spiro atoms. The summed E-state index contributed by atoms with van der Waals surface area (Å²) in [6, 6.07) is 2.81. The van der Waals surface area contributed by atoms with Gasteiger partial charge >= 0.3 is 0 Å². The smallest absolute Gasteiger partial charge is 0.233 e. The summed E-state index contributed by atoms with van der Waals surface area (Å²) in [7, 11) is 0. The van der Waals surface area contributed by atoms with Gasteiger partial charge in [0.05, 0.1) is 5.69 Å². The van der Waals surface area contributed by atoms with Crippen molar-refractivity contribution < 1.29 is 0 Å². The number of fused-ring (bicyclic) bond motifs is 1. The molecule has 1 fully saturated rings. The minimum atomic E-state index is 0.360. The molecule has 2 aromatic heterocycles. The predicted molar refractivity (Wildman–Crippen MR) is 70.1 cm³/mol. The van der Waals surface area contributed by atoms with E-state index in [0.717, 1.165) is 37.4 Å². The maximum absolute atomic E-state index is 5.99. The molecule has 3 heterocycles. The van der Waals surface area contributed by atoms with Gasteiger partial charge in [-0.15, -0.1) is 0 Å². The SMILES string of the molecule is CC1CC(N)CCN1Cc1cn2cccnc2n1. The summed E-state index contributed by atoms with van der Waals surface area (Å²) in [6.45, 7) is 4.19. The molecular formula is C13H19N5. The lowest BCUT2D eigenvalue weighted by Gasteiger charge is -2.35. The van der Waals surface area contributed by atoms with Gasteiger partial charge in [-0.1, -0.05) is 0 Å². The summed E-state index contributed by atoms with van der Waals surface area (Å²) in [5.41, 5.74) is 7.07. The lowest BCUT2D eigenvalue weighted by molar-refractivity contribution is 0.138. The molecule has 2 aromatic rings. The lowest BCUT2D eigenvalue weighted by atomic mass is 9.99. The van der Waals surface area contributed by atoms with Crippen molar-refractivity contribution in [2.45, 2.75) is 38.4 Å². The van der Waals surface area contributed by atoms with Crippen LogP contribution < -0.4 is 5.73 Å². The van der Waals surface area contributed by atoms with E-state index >= 15 is 0 Å². The molecule has 96 valence electrons. The maximum atomic E-state index is 5.99. The molecule has 0 aromatic carbocycles. The zero-order chi connectivity index (χ0) is 12.5. The number of imidazole rings is 1. The van der Waals surface area contributed by atoms with Gasteiger partial charge < -0.3 is 5.73 Å². The number of likely N-dealkylation sites (tertiary alicyclic amines) is 1. The van der Waals surface area contributed by atoms with Crippen LogP contribution in [0.1, 0.15) is 25.5 Å². The Morgan fingerprint density at radius 2 is 2.39 bits per heavy atom. The third kappa shape index (κ3) is 2.23. The van der Waals surface area contributed by atoms with Crippen molar-refractivity contribution >= 4 is 5.78 Å². The molecule has 2 atom stereocenters. The van der Waals surface area contributed by atoms with E-state index in [4.69, 9.17) is 5.73 Å². The van der Waals surface area contributed by atoms with Gasteiger partial charge in [0.1, 0.15) is 0 Å². The molecule has 2 N–H and O–H groups in total. The van der Waals surface area contributed by atoms with Gasteiger partial charge in [0, 0.05) is 43.8 Å². The quantitative estimate of drug-likeness (QED) is 0.859. The number of hydrogen-bond donors (Lipinski definition) is 1. The van der Waals surface area contributed by atoms with Crippen LogP contribution in [-0.2, 0) is 6.54 Å². The zero-order valence-electron chi connectivity index (χ0n) is 10.7. The van der Waals surface area contributed by atoms with Crippen LogP contribution in [0, 0.1) is 0 Å². The number of hydrogen-bond acceptors (Lipinski definition) is 4. The lowest BCUT2D eigenvalue weighted by Crippen LogP contribution is -2.45. The normalized spacial score (nSPS) is 25.7. The van der Waals surface area contributed by atoms with Crippen LogP contribution in [0.2, 0.25) is 0 Å². The van der Waals surface area contributed by atoms with Crippen LogP contribution in [0.5, 0.6) is 0 Å². The summed E-state index contributed by atoms with van der Waals surface area (Å²) < 4.78 is 1.97. The van der Waals surface area contributed by atoms with Crippen LogP contribution in [0.4, 0.5) is 0 Å². The third-order valence-corrected chi connectivity index (χ3v) is 3.70. The minimum Gasteiger partial charge on any atom is -0.328 e. The molecule has 5 heteroatoms. The van der Waals surface area contributed by atoms with Crippen molar-refractivity contribution in [1.82, 2.24) is 19.3 Å². The molecule has 3 rings (SSSR count). The van der Waals surface area contributed by atoms with E-state index < -0.39 is 0 Å². The molecule has 0 bridgehead atoms. The summed E-state index contributed by atoms with van der Waals surface area (Å²) in [6.07, 6.45) is 7.97. The van der Waals surface area contributed by atoms with Gasteiger partial charge in [-0.3, -0.25) is 9.30 Å². The Labute approximate surface area is 107 Å². The molecule has 2 unspecified atom stereocenters. The van der Waals surface area contributed by atoms with Gasteiger partial charge in [0.2, 0.25) is 5.78 Å². The Morgan fingerprint density at radius 1 is 1.50 bits per heavy atom. The third-order valence-electron chi connectivity index (χ3n) is 3.70. The fourth-order valence-corrected chi connectivity index (χ4v) is 2.66. The first kappa shape index (κ1) is 11.6. The van der Waals surface area contributed by atoms with E-state index in [0.29, 0.717) is 12.1 Å². The highest BCUT2D eigenvalue weighted by Gasteiger charge is 2.23. The van der Waals surface area contributed by atoms with Crippen LogP contribution in [0.25, 0.3) is 5.78 Å². The van der Waals surface area contributed by atoms with Gasteiger partial charge in [-0.2, -0.15) is 0 Å². The summed E-state index contributed by atoms with van der Waals surface area (Å²) in [5, 5.41) is 0. The van der Waals surface area contributed by atoms with Crippen molar-refractivity contribution in [3.63, 3.8) is 0 Å². The highest BCUT2D eigenvalue weighted by atomic mass is 15.2. The molecule has 1 aliphatic rings. The molecule has 0 amide bonds. The predicted octanol–water partition coefficient (Wildman–Crippen LogP) is 1.04. The molecule has 5 nitrogen and oxygen atoms in total. The monoisotopic (exact) mass is 245 g/mol. The first-order chi connectivity index (χ1) is 8.72. The fraction of sp³-hybridized carbons (Fsp3) is 0.538. The van der Waals surface area contributed by atoms with Gasteiger partial charge in [0.15, 0.2) is 0 Å². The van der Waals surface area contributed by atoms with Crippen LogP contribution in [0.15, 0.2) is 24.7 Å². The molecule has 18 heavy (non-hydrogen) atoms. The van der Waals surface area contributed by atoms with Crippen molar-refractivity contribution in [1.29, 1.82) is 0 Å². The second-order valence-electron chi connectivity index (χ2n) is 5.16. The van der Waals surface area contributed by atoms with Crippen molar-refractivity contribution in [3.8, 4) is 0 Å². The molecule has 1 saturated heterocycles. The Kier molecular flexibility index (Phi) is 3.01. The molecule has 0 aliphatic carbocycles. The Bertz CT molecular complexity index is 502. The van der Waals surface area contributed by atoms with Crippen LogP contribution in [0.3, 0.4) is 0 Å². The van der Waals surface area contributed by atoms with Crippen molar-refractivity contribution in [2.24, 2.45) is 5.73 Å². The van der Waals surface area contributed by atoms with Crippen LogP contribution in [-0.4, -0.2) is 37.9 Å². The Morgan fingerprint density at radius 3 is 3.17 bits per heavy atom. The van der Waals surface area contributed by atoms with E-state index in [1.807, 2.05) is 16.7 Å². The number of aromatic nitrogens is 3.